The smallest absolute Gasteiger partial charge is 0.270 e. The third kappa shape index (κ3) is 4.11. The van der Waals surface area contributed by atoms with Gasteiger partial charge in [-0.3, -0.25) is 9.69 Å². The zero-order valence-electron chi connectivity index (χ0n) is 14.7. The summed E-state index contributed by atoms with van der Waals surface area (Å²) in [5.41, 5.74) is 3.42. The van der Waals surface area contributed by atoms with Gasteiger partial charge in [0.1, 0.15) is 0 Å². The van der Waals surface area contributed by atoms with Crippen LogP contribution in [-0.2, 0) is 0 Å². The van der Waals surface area contributed by atoms with E-state index in [1.54, 1.807) is 16.2 Å². The van der Waals surface area contributed by atoms with Crippen molar-refractivity contribution in [3.05, 3.63) is 44.1 Å². The fraction of sp³-hybridized carbons (Fsp3) is 0.333. The Bertz CT molecular complexity index is 877. The van der Waals surface area contributed by atoms with Gasteiger partial charge in [0.15, 0.2) is 5.13 Å². The Kier molecular flexibility index (Phi) is 5.58. The monoisotopic (exact) mass is 437 g/mol. The predicted octanol–water partition coefficient (Wildman–Crippen LogP) is 4.95. The van der Waals surface area contributed by atoms with Gasteiger partial charge in [0.2, 0.25) is 0 Å². The molecule has 0 spiro atoms. The molecule has 0 bridgehead atoms. The van der Waals surface area contributed by atoms with E-state index in [9.17, 15) is 4.79 Å². The number of rotatable bonds is 5. The maximum atomic E-state index is 13.0. The molecule has 0 fully saturated rings. The topological polar surface area (TPSA) is 36.4 Å². The zero-order valence-corrected chi connectivity index (χ0v) is 17.9. The van der Waals surface area contributed by atoms with Crippen LogP contribution in [0.15, 0.2) is 28.1 Å². The van der Waals surface area contributed by atoms with E-state index in [1.807, 2.05) is 26.2 Å². The van der Waals surface area contributed by atoms with Crippen molar-refractivity contribution in [3.63, 3.8) is 0 Å². The van der Waals surface area contributed by atoms with Crippen molar-refractivity contribution in [2.45, 2.75) is 13.8 Å². The summed E-state index contributed by atoms with van der Waals surface area (Å²) in [6, 6.07) is 8.03. The van der Waals surface area contributed by atoms with Crippen molar-refractivity contribution in [2.75, 3.05) is 32.1 Å². The second-order valence-corrected chi connectivity index (χ2v) is 9.74. The summed E-state index contributed by atoms with van der Waals surface area (Å²) in [7, 11) is 4.02. The number of hydrogen-bond donors (Lipinski definition) is 0. The summed E-state index contributed by atoms with van der Waals surface area (Å²) < 4.78 is 2.08. The number of halogens is 1. The number of anilines is 1. The molecular weight excluding hydrogens is 418 g/mol. The minimum atomic E-state index is 0.00468. The van der Waals surface area contributed by atoms with E-state index in [0.29, 0.717) is 6.54 Å². The first kappa shape index (κ1) is 18.5. The van der Waals surface area contributed by atoms with E-state index >= 15 is 0 Å². The second kappa shape index (κ2) is 7.53. The van der Waals surface area contributed by atoms with E-state index in [2.05, 4.69) is 46.8 Å². The Morgan fingerprint density at radius 3 is 2.48 bits per heavy atom. The number of fused-ring (bicyclic) bond motifs is 1. The molecule has 0 saturated carbocycles. The highest BCUT2D eigenvalue weighted by Gasteiger charge is 2.22. The summed E-state index contributed by atoms with van der Waals surface area (Å²) in [5, 5.41) is 0.761. The van der Waals surface area contributed by atoms with E-state index in [1.165, 1.54) is 22.5 Å². The molecule has 132 valence electrons. The quantitative estimate of drug-likeness (QED) is 0.566. The van der Waals surface area contributed by atoms with Gasteiger partial charge in [-0.05, 0) is 79.3 Å². The van der Waals surface area contributed by atoms with E-state index in [4.69, 9.17) is 4.98 Å². The van der Waals surface area contributed by atoms with Crippen molar-refractivity contribution < 1.29 is 4.79 Å². The maximum Gasteiger partial charge on any atom is 0.270 e. The lowest BCUT2D eigenvalue weighted by atomic mass is 10.1. The molecule has 25 heavy (non-hydrogen) atoms. The van der Waals surface area contributed by atoms with Crippen molar-refractivity contribution in [2.24, 2.45) is 0 Å². The lowest BCUT2D eigenvalue weighted by molar-refractivity contribution is 0.0989. The SMILES string of the molecule is Cc1cc2nc(N(CCN(C)C)C(=O)c3ccc(Br)s3)sc2cc1C. The molecule has 0 atom stereocenters. The molecule has 1 aromatic carbocycles. The van der Waals surface area contributed by atoms with Crippen molar-refractivity contribution >= 4 is 59.9 Å². The van der Waals surface area contributed by atoms with Crippen LogP contribution in [0, 0.1) is 13.8 Å². The number of aryl methyl sites for hydroxylation is 2. The molecule has 3 aromatic rings. The number of aromatic nitrogens is 1. The number of amides is 1. The fourth-order valence-electron chi connectivity index (χ4n) is 2.43. The van der Waals surface area contributed by atoms with Gasteiger partial charge in [-0.2, -0.15) is 0 Å². The number of thiazole rings is 1. The van der Waals surface area contributed by atoms with Crippen LogP contribution in [0.25, 0.3) is 10.2 Å². The normalized spacial score (nSPS) is 11.4. The molecule has 0 radical (unpaired) electrons. The molecule has 0 aliphatic heterocycles. The number of benzene rings is 1. The average Bonchev–Trinajstić information content (AvgIpc) is 3.14. The molecule has 3 rings (SSSR count). The van der Waals surface area contributed by atoms with E-state index in [-0.39, 0.29) is 5.91 Å². The molecule has 1 amide bonds. The van der Waals surface area contributed by atoms with Gasteiger partial charge in [-0.25, -0.2) is 4.98 Å². The van der Waals surface area contributed by atoms with Crippen LogP contribution >= 0.6 is 38.6 Å². The van der Waals surface area contributed by atoms with Crippen molar-refractivity contribution in [1.82, 2.24) is 9.88 Å². The number of carbonyl (C=O) groups is 1. The van der Waals surface area contributed by atoms with Crippen molar-refractivity contribution in [1.29, 1.82) is 0 Å². The van der Waals surface area contributed by atoms with Gasteiger partial charge in [0.25, 0.3) is 5.91 Å². The first-order valence-electron chi connectivity index (χ1n) is 7.95. The Labute approximate surface area is 164 Å². The third-order valence-corrected chi connectivity index (χ3v) is 6.68. The Balaban J connectivity index is 2.00. The first-order valence-corrected chi connectivity index (χ1v) is 10.4. The summed E-state index contributed by atoms with van der Waals surface area (Å²) in [6.45, 7) is 5.59. The van der Waals surface area contributed by atoms with Gasteiger partial charge in [0, 0.05) is 13.1 Å². The molecule has 0 aliphatic carbocycles. The van der Waals surface area contributed by atoms with Crippen LogP contribution < -0.4 is 4.90 Å². The molecule has 2 heterocycles. The first-order chi connectivity index (χ1) is 11.8. The van der Waals surface area contributed by atoms with Crippen LogP contribution in [0.1, 0.15) is 20.8 Å². The summed E-state index contributed by atoms with van der Waals surface area (Å²) >= 11 is 6.47. The third-order valence-electron chi connectivity index (χ3n) is 4.02. The lowest BCUT2D eigenvalue weighted by Crippen LogP contribution is -2.36. The van der Waals surface area contributed by atoms with Gasteiger partial charge in [-0.15, -0.1) is 11.3 Å². The summed E-state index contributed by atoms with van der Waals surface area (Å²) in [5.74, 6) is 0.00468. The highest BCUT2D eigenvalue weighted by molar-refractivity contribution is 9.11. The molecule has 0 unspecified atom stereocenters. The zero-order chi connectivity index (χ0) is 18.1. The predicted molar refractivity (Wildman–Crippen MR) is 111 cm³/mol. The maximum absolute atomic E-state index is 13.0. The molecule has 4 nitrogen and oxygen atoms in total. The van der Waals surface area contributed by atoms with Gasteiger partial charge in [-0.1, -0.05) is 11.3 Å². The minimum Gasteiger partial charge on any atom is -0.308 e. The van der Waals surface area contributed by atoms with Crippen LogP contribution in [0.5, 0.6) is 0 Å². The largest absolute Gasteiger partial charge is 0.308 e. The molecule has 0 saturated heterocycles. The summed E-state index contributed by atoms with van der Waals surface area (Å²) in [6.07, 6.45) is 0. The Morgan fingerprint density at radius 2 is 1.84 bits per heavy atom. The number of thiophene rings is 1. The Morgan fingerprint density at radius 1 is 1.12 bits per heavy atom. The number of likely N-dealkylation sites (N-methyl/N-ethyl adjacent to an activating group) is 1. The molecule has 7 heteroatoms. The number of nitrogens with zero attached hydrogens (tertiary/aromatic N) is 3. The average molecular weight is 438 g/mol. The molecule has 0 N–H and O–H groups in total. The van der Waals surface area contributed by atoms with E-state index in [0.717, 1.165) is 30.6 Å². The van der Waals surface area contributed by atoms with Gasteiger partial charge in [0.05, 0.1) is 18.9 Å². The molecule has 0 aliphatic rings. The highest BCUT2D eigenvalue weighted by Crippen LogP contribution is 2.32. The van der Waals surface area contributed by atoms with Crippen LogP contribution in [-0.4, -0.2) is 43.0 Å². The number of carbonyl (C=O) groups excluding carboxylic acids is 1. The van der Waals surface area contributed by atoms with Gasteiger partial charge >= 0.3 is 0 Å². The Hall–Kier alpha value is -1.28. The second-order valence-electron chi connectivity index (χ2n) is 6.26. The van der Waals surface area contributed by atoms with Crippen LogP contribution in [0.4, 0.5) is 5.13 Å². The summed E-state index contributed by atoms with van der Waals surface area (Å²) in [4.78, 5) is 22.4. The van der Waals surface area contributed by atoms with Crippen molar-refractivity contribution in [3.8, 4) is 0 Å². The highest BCUT2D eigenvalue weighted by atomic mass is 79.9. The van der Waals surface area contributed by atoms with Crippen LogP contribution in [0.3, 0.4) is 0 Å². The fourth-order valence-corrected chi connectivity index (χ4v) is 4.83. The van der Waals surface area contributed by atoms with Crippen LogP contribution in [0.2, 0.25) is 0 Å². The molecule has 2 aromatic heterocycles. The minimum absolute atomic E-state index is 0.00468. The molecular formula is C18H20BrN3OS2. The lowest BCUT2D eigenvalue weighted by Gasteiger charge is -2.21. The standard InChI is InChI=1S/C18H20BrN3OS2/c1-11-9-13-15(10-12(11)2)25-18(20-13)22(8-7-21(3)4)17(23)14-5-6-16(19)24-14/h5-6,9-10H,7-8H2,1-4H3. The van der Waals surface area contributed by atoms with Gasteiger partial charge < -0.3 is 4.90 Å². The number of hydrogen-bond acceptors (Lipinski definition) is 5. The van der Waals surface area contributed by atoms with E-state index < -0.39 is 0 Å².